The average molecular weight is 270 g/mol. The molecular weight excluding hydrogens is 258 g/mol. The Labute approximate surface area is 95.0 Å². The van der Waals surface area contributed by atoms with Gasteiger partial charge in [-0.1, -0.05) is 22.9 Å². The van der Waals surface area contributed by atoms with E-state index in [-0.39, 0.29) is 11.7 Å². The highest BCUT2D eigenvalue weighted by Gasteiger charge is 2.10. The fourth-order valence-corrected chi connectivity index (χ4v) is 2.21. The van der Waals surface area contributed by atoms with Gasteiger partial charge in [0.05, 0.1) is 11.0 Å². The molecule has 0 spiro atoms. The number of H-pyrrole nitrogens is 2. The molecule has 0 saturated heterocycles. The van der Waals surface area contributed by atoms with Crippen LogP contribution in [0.15, 0.2) is 21.4 Å². The summed E-state index contributed by atoms with van der Waals surface area (Å²) in [6.07, 6.45) is 0.860. The fourth-order valence-electron chi connectivity index (χ4n) is 1.58. The van der Waals surface area contributed by atoms with Crippen molar-refractivity contribution < 1.29 is 0 Å². The summed E-state index contributed by atoms with van der Waals surface area (Å²) in [7, 11) is 0. The van der Waals surface area contributed by atoms with Crippen LogP contribution in [0.4, 0.5) is 0 Å². The van der Waals surface area contributed by atoms with Gasteiger partial charge in [0.15, 0.2) is 0 Å². The molecule has 1 aromatic heterocycles. The van der Waals surface area contributed by atoms with Gasteiger partial charge in [0.2, 0.25) is 0 Å². The molecule has 0 radical (unpaired) electrons. The molecule has 4 nitrogen and oxygen atoms in total. The summed E-state index contributed by atoms with van der Waals surface area (Å²) in [5.74, 6) is 0. The first-order valence-corrected chi connectivity index (χ1v) is 5.58. The Morgan fingerprint density at radius 2 is 2.00 bits per heavy atom. The van der Waals surface area contributed by atoms with Crippen molar-refractivity contribution in [2.24, 2.45) is 5.73 Å². The van der Waals surface area contributed by atoms with E-state index in [9.17, 15) is 4.79 Å². The monoisotopic (exact) mass is 269 g/mol. The lowest BCUT2D eigenvalue weighted by Gasteiger charge is -2.11. The molecule has 2 aromatic rings. The van der Waals surface area contributed by atoms with Gasteiger partial charge < -0.3 is 15.7 Å². The highest BCUT2D eigenvalue weighted by Crippen LogP contribution is 2.27. The molecular formula is C10H12BrN3O. The molecule has 80 valence electrons. The van der Waals surface area contributed by atoms with Gasteiger partial charge in [-0.25, -0.2) is 4.79 Å². The number of imidazole rings is 1. The summed E-state index contributed by atoms with van der Waals surface area (Å²) in [5, 5.41) is 0. The van der Waals surface area contributed by atoms with E-state index < -0.39 is 0 Å². The molecule has 1 heterocycles. The number of nitrogens with one attached hydrogen (secondary N) is 2. The van der Waals surface area contributed by atoms with Crippen LogP contribution in [0.3, 0.4) is 0 Å². The molecule has 0 unspecified atom stereocenters. The van der Waals surface area contributed by atoms with E-state index in [1.54, 1.807) is 0 Å². The predicted molar refractivity (Wildman–Crippen MR) is 63.8 cm³/mol. The summed E-state index contributed by atoms with van der Waals surface area (Å²) in [6.45, 7) is 2.03. The number of fused-ring (bicyclic) bond motifs is 1. The number of hydrogen-bond acceptors (Lipinski definition) is 2. The van der Waals surface area contributed by atoms with Gasteiger partial charge in [-0.3, -0.25) is 0 Å². The van der Waals surface area contributed by atoms with E-state index in [1.165, 1.54) is 0 Å². The van der Waals surface area contributed by atoms with Crippen LogP contribution in [-0.4, -0.2) is 9.97 Å². The summed E-state index contributed by atoms with van der Waals surface area (Å²) in [4.78, 5) is 16.5. The quantitative estimate of drug-likeness (QED) is 0.781. The van der Waals surface area contributed by atoms with Gasteiger partial charge in [-0.2, -0.15) is 0 Å². The maximum absolute atomic E-state index is 11.1. The van der Waals surface area contributed by atoms with Crippen LogP contribution in [-0.2, 0) is 0 Å². The molecule has 2 rings (SSSR count). The Morgan fingerprint density at radius 3 is 2.60 bits per heavy atom. The number of rotatable bonds is 2. The molecule has 0 amide bonds. The number of hydrogen-bond donors (Lipinski definition) is 3. The Bertz CT molecular complexity index is 543. The molecule has 5 heteroatoms. The predicted octanol–water partition coefficient (Wildman–Crippen LogP) is 2.03. The third kappa shape index (κ3) is 1.85. The molecule has 1 aromatic carbocycles. The van der Waals surface area contributed by atoms with Crippen LogP contribution in [0.1, 0.15) is 24.9 Å². The minimum absolute atomic E-state index is 0.0119. The molecule has 0 aliphatic rings. The van der Waals surface area contributed by atoms with Crippen molar-refractivity contribution in [3.63, 3.8) is 0 Å². The van der Waals surface area contributed by atoms with Crippen molar-refractivity contribution in [1.82, 2.24) is 9.97 Å². The second-order valence-corrected chi connectivity index (χ2v) is 4.37. The highest BCUT2D eigenvalue weighted by molar-refractivity contribution is 9.10. The maximum Gasteiger partial charge on any atom is 0.323 e. The first kappa shape index (κ1) is 10.4. The Kier molecular flexibility index (Phi) is 2.67. The van der Waals surface area contributed by atoms with E-state index in [2.05, 4.69) is 25.9 Å². The number of benzene rings is 1. The van der Waals surface area contributed by atoms with Crippen LogP contribution in [0.25, 0.3) is 11.0 Å². The lowest BCUT2D eigenvalue weighted by molar-refractivity contribution is 0.696. The standard InChI is InChI=1S/C10H12BrN3O/c1-2-7(12)5-3-8-9(4-6(5)11)14-10(15)13-8/h3-4,7H,2,12H2,1H3,(H2,13,14,15)/t7-/m1/s1. The largest absolute Gasteiger partial charge is 0.324 e. The molecule has 0 bridgehead atoms. The van der Waals surface area contributed by atoms with Gasteiger partial charge >= 0.3 is 5.69 Å². The van der Waals surface area contributed by atoms with Gasteiger partial charge in [-0.05, 0) is 24.1 Å². The second-order valence-electron chi connectivity index (χ2n) is 3.51. The smallest absolute Gasteiger partial charge is 0.323 e. The number of aromatic nitrogens is 2. The van der Waals surface area contributed by atoms with Crippen LogP contribution in [0, 0.1) is 0 Å². The third-order valence-corrected chi connectivity index (χ3v) is 3.16. The van der Waals surface area contributed by atoms with Crippen molar-refractivity contribution in [3.05, 3.63) is 32.7 Å². The summed E-state index contributed by atoms with van der Waals surface area (Å²) in [6, 6.07) is 3.77. The van der Waals surface area contributed by atoms with E-state index in [0.29, 0.717) is 0 Å². The highest BCUT2D eigenvalue weighted by atomic mass is 79.9. The van der Waals surface area contributed by atoms with E-state index in [1.807, 2.05) is 19.1 Å². The zero-order valence-electron chi connectivity index (χ0n) is 8.30. The van der Waals surface area contributed by atoms with Gasteiger partial charge in [-0.15, -0.1) is 0 Å². The normalized spacial score (nSPS) is 13.3. The molecule has 4 N–H and O–H groups in total. The number of nitrogens with two attached hydrogens (primary N) is 1. The Hall–Kier alpha value is -1.07. The minimum atomic E-state index is -0.195. The SMILES string of the molecule is CC[C@@H](N)c1cc2[nH]c(=O)[nH]c2cc1Br. The Morgan fingerprint density at radius 1 is 1.40 bits per heavy atom. The maximum atomic E-state index is 11.1. The van der Waals surface area contributed by atoms with E-state index in [0.717, 1.165) is 27.5 Å². The molecule has 0 saturated carbocycles. The van der Waals surface area contributed by atoms with Crippen LogP contribution < -0.4 is 11.4 Å². The van der Waals surface area contributed by atoms with Gasteiger partial charge in [0.1, 0.15) is 0 Å². The van der Waals surface area contributed by atoms with Crippen LogP contribution in [0.5, 0.6) is 0 Å². The minimum Gasteiger partial charge on any atom is -0.324 e. The molecule has 15 heavy (non-hydrogen) atoms. The van der Waals surface area contributed by atoms with Gasteiger partial charge in [0.25, 0.3) is 0 Å². The van der Waals surface area contributed by atoms with Crippen LogP contribution in [0.2, 0.25) is 0 Å². The second kappa shape index (κ2) is 3.83. The zero-order chi connectivity index (χ0) is 11.0. The zero-order valence-corrected chi connectivity index (χ0v) is 9.89. The van der Waals surface area contributed by atoms with Crippen molar-refractivity contribution in [2.45, 2.75) is 19.4 Å². The summed E-state index contributed by atoms with van der Waals surface area (Å²) in [5.41, 5.74) is 8.36. The molecule has 1 atom stereocenters. The lowest BCUT2D eigenvalue weighted by atomic mass is 10.1. The number of aromatic amines is 2. The topological polar surface area (TPSA) is 74.7 Å². The molecule has 0 aliphatic carbocycles. The fraction of sp³-hybridized carbons (Fsp3) is 0.300. The van der Waals surface area contributed by atoms with E-state index >= 15 is 0 Å². The van der Waals surface area contributed by atoms with Crippen molar-refractivity contribution in [1.29, 1.82) is 0 Å². The van der Waals surface area contributed by atoms with Crippen molar-refractivity contribution in [3.8, 4) is 0 Å². The summed E-state index contributed by atoms with van der Waals surface area (Å²) >= 11 is 3.45. The number of halogens is 1. The van der Waals surface area contributed by atoms with Crippen LogP contribution >= 0.6 is 15.9 Å². The van der Waals surface area contributed by atoms with Gasteiger partial charge in [0, 0.05) is 10.5 Å². The molecule has 0 fully saturated rings. The first-order chi connectivity index (χ1) is 7.11. The average Bonchev–Trinajstić information content (AvgIpc) is 2.55. The molecule has 0 aliphatic heterocycles. The lowest BCUT2D eigenvalue weighted by Crippen LogP contribution is -2.09. The van der Waals surface area contributed by atoms with Crippen molar-refractivity contribution >= 4 is 27.0 Å². The Balaban J connectivity index is 2.66. The van der Waals surface area contributed by atoms with Crippen molar-refractivity contribution in [2.75, 3.05) is 0 Å². The first-order valence-electron chi connectivity index (χ1n) is 4.79. The van der Waals surface area contributed by atoms with E-state index in [4.69, 9.17) is 5.73 Å². The summed E-state index contributed by atoms with van der Waals surface area (Å²) < 4.78 is 0.930. The third-order valence-electron chi connectivity index (χ3n) is 2.47.